The first-order valence-electron chi connectivity index (χ1n) is 10.3. The van der Waals surface area contributed by atoms with Crippen molar-refractivity contribution in [1.29, 1.82) is 0 Å². The van der Waals surface area contributed by atoms with Gasteiger partial charge in [-0.25, -0.2) is 4.79 Å². The van der Waals surface area contributed by atoms with Crippen LogP contribution in [0.15, 0.2) is 29.0 Å². The molecule has 2 amide bonds. The molecule has 0 saturated carbocycles. The second-order valence-electron chi connectivity index (χ2n) is 8.37. The monoisotopic (exact) mass is 415 g/mol. The van der Waals surface area contributed by atoms with Crippen LogP contribution >= 0.6 is 0 Å². The summed E-state index contributed by atoms with van der Waals surface area (Å²) in [6.45, 7) is 6.53. The van der Waals surface area contributed by atoms with E-state index in [1.807, 2.05) is 31.7 Å². The number of carbonyl (C=O) groups is 2. The van der Waals surface area contributed by atoms with Crippen LogP contribution in [0.5, 0.6) is 0 Å². The zero-order chi connectivity index (χ0) is 21.6. The van der Waals surface area contributed by atoms with E-state index in [1.54, 1.807) is 18.5 Å². The van der Waals surface area contributed by atoms with Crippen molar-refractivity contribution in [3.63, 3.8) is 0 Å². The van der Waals surface area contributed by atoms with Gasteiger partial charge in [0.25, 0.3) is 0 Å². The first kappa shape index (κ1) is 21.7. The number of nitrogens with zero attached hydrogens (tertiary/aromatic N) is 4. The highest BCUT2D eigenvalue weighted by Gasteiger charge is 2.28. The van der Waals surface area contributed by atoms with Crippen LogP contribution in [0, 0.1) is 0 Å². The molecule has 2 aromatic rings. The van der Waals surface area contributed by atoms with Gasteiger partial charge >= 0.3 is 6.09 Å². The Labute approximate surface area is 176 Å². The molecule has 0 bridgehead atoms. The van der Waals surface area contributed by atoms with Gasteiger partial charge in [-0.15, -0.1) is 0 Å². The molecule has 0 radical (unpaired) electrons. The lowest BCUT2D eigenvalue weighted by Crippen LogP contribution is -2.50. The molecular weight excluding hydrogens is 386 g/mol. The van der Waals surface area contributed by atoms with Crippen LogP contribution in [0.2, 0.25) is 0 Å². The number of hydrogen-bond acceptors (Lipinski definition) is 7. The lowest BCUT2D eigenvalue weighted by Gasteiger charge is -2.36. The SMILES string of the molecule is CC(C)(C)OC(=O)NCC1CCCCN1C(=O)CCc1nc(-c2cccnc2)no1. The van der Waals surface area contributed by atoms with Gasteiger partial charge in [0.1, 0.15) is 5.60 Å². The summed E-state index contributed by atoms with van der Waals surface area (Å²) in [6, 6.07) is 3.62. The van der Waals surface area contributed by atoms with Crippen molar-refractivity contribution in [2.75, 3.05) is 13.1 Å². The van der Waals surface area contributed by atoms with Crippen LogP contribution in [0.25, 0.3) is 11.4 Å². The Balaban J connectivity index is 1.52. The summed E-state index contributed by atoms with van der Waals surface area (Å²) in [5, 5.41) is 6.74. The normalized spacial score (nSPS) is 16.9. The molecule has 1 fully saturated rings. The van der Waals surface area contributed by atoms with Crippen molar-refractivity contribution in [2.45, 2.75) is 64.5 Å². The molecule has 1 saturated heterocycles. The van der Waals surface area contributed by atoms with Crippen molar-refractivity contribution in [3.8, 4) is 11.4 Å². The van der Waals surface area contributed by atoms with E-state index in [2.05, 4.69) is 20.4 Å². The highest BCUT2D eigenvalue weighted by atomic mass is 16.6. The van der Waals surface area contributed by atoms with E-state index in [-0.39, 0.29) is 18.4 Å². The zero-order valence-corrected chi connectivity index (χ0v) is 17.8. The summed E-state index contributed by atoms with van der Waals surface area (Å²) in [5.74, 6) is 0.900. The molecule has 0 aromatic carbocycles. The van der Waals surface area contributed by atoms with Crippen LogP contribution in [-0.2, 0) is 16.0 Å². The fourth-order valence-corrected chi connectivity index (χ4v) is 3.38. The standard InChI is InChI=1S/C21H29N5O4/c1-21(2,3)29-20(28)23-14-16-8-4-5-12-26(16)18(27)10-9-17-24-19(25-30-17)15-7-6-11-22-13-15/h6-7,11,13,16H,4-5,8-10,12,14H2,1-3H3,(H,23,28). The fraction of sp³-hybridized carbons (Fsp3) is 0.571. The Kier molecular flexibility index (Phi) is 7.02. The van der Waals surface area contributed by atoms with Gasteiger partial charge in [-0.3, -0.25) is 9.78 Å². The Bertz CT molecular complexity index is 847. The maximum atomic E-state index is 12.8. The van der Waals surface area contributed by atoms with Gasteiger partial charge in [-0.1, -0.05) is 5.16 Å². The Morgan fingerprint density at radius 2 is 2.17 bits per heavy atom. The minimum absolute atomic E-state index is 0.0202. The summed E-state index contributed by atoms with van der Waals surface area (Å²) in [4.78, 5) is 35.0. The van der Waals surface area contributed by atoms with Gasteiger partial charge < -0.3 is 19.5 Å². The Morgan fingerprint density at radius 1 is 1.33 bits per heavy atom. The second kappa shape index (κ2) is 9.69. The predicted molar refractivity (Wildman–Crippen MR) is 109 cm³/mol. The van der Waals surface area contributed by atoms with Crippen molar-refractivity contribution < 1.29 is 18.8 Å². The molecule has 9 nitrogen and oxygen atoms in total. The molecule has 9 heteroatoms. The largest absolute Gasteiger partial charge is 0.444 e. The van der Waals surface area contributed by atoms with Gasteiger partial charge in [-0.2, -0.15) is 4.98 Å². The van der Waals surface area contributed by atoms with Crippen LogP contribution in [0.4, 0.5) is 4.79 Å². The average molecular weight is 415 g/mol. The topological polar surface area (TPSA) is 110 Å². The van der Waals surface area contributed by atoms with Crippen molar-refractivity contribution in [3.05, 3.63) is 30.4 Å². The van der Waals surface area contributed by atoms with Crippen molar-refractivity contribution in [1.82, 2.24) is 25.3 Å². The number of likely N-dealkylation sites (tertiary alicyclic amines) is 1. The molecule has 30 heavy (non-hydrogen) atoms. The molecule has 0 spiro atoms. The molecule has 1 atom stereocenters. The third-order valence-electron chi connectivity index (χ3n) is 4.77. The van der Waals surface area contributed by atoms with Gasteiger partial charge in [0.2, 0.25) is 17.6 Å². The number of aromatic nitrogens is 3. The number of pyridine rings is 1. The lowest BCUT2D eigenvalue weighted by molar-refractivity contribution is -0.134. The van der Waals surface area contributed by atoms with Gasteiger partial charge in [0.05, 0.1) is 0 Å². The number of nitrogens with one attached hydrogen (secondary N) is 1. The number of ether oxygens (including phenoxy) is 1. The molecule has 0 aliphatic carbocycles. The molecule has 1 N–H and O–H groups in total. The number of alkyl carbamates (subject to hydrolysis) is 1. The minimum atomic E-state index is -0.551. The summed E-state index contributed by atoms with van der Waals surface area (Å²) >= 11 is 0. The van der Waals surface area contributed by atoms with E-state index in [4.69, 9.17) is 9.26 Å². The molecule has 3 heterocycles. The number of amides is 2. The van der Waals surface area contributed by atoms with Crippen molar-refractivity contribution in [2.24, 2.45) is 0 Å². The lowest BCUT2D eigenvalue weighted by atomic mass is 10.0. The summed E-state index contributed by atoms with van der Waals surface area (Å²) in [7, 11) is 0. The van der Waals surface area contributed by atoms with Crippen molar-refractivity contribution >= 4 is 12.0 Å². The van der Waals surface area contributed by atoms with Gasteiger partial charge in [0, 0.05) is 49.9 Å². The number of rotatable bonds is 6. The molecular formula is C21H29N5O4. The number of hydrogen-bond donors (Lipinski definition) is 1. The van der Waals surface area contributed by atoms with Crippen LogP contribution < -0.4 is 5.32 Å². The fourth-order valence-electron chi connectivity index (χ4n) is 3.38. The summed E-state index contributed by atoms with van der Waals surface area (Å²) in [5.41, 5.74) is 0.216. The molecule has 3 rings (SSSR count). The maximum Gasteiger partial charge on any atom is 0.407 e. The maximum absolute atomic E-state index is 12.8. The third kappa shape index (κ3) is 6.27. The third-order valence-corrected chi connectivity index (χ3v) is 4.77. The molecule has 2 aromatic heterocycles. The molecule has 1 aliphatic rings. The van der Waals surface area contributed by atoms with Crippen LogP contribution in [0.3, 0.4) is 0 Å². The first-order chi connectivity index (χ1) is 14.3. The number of piperidine rings is 1. The summed E-state index contributed by atoms with van der Waals surface area (Å²) < 4.78 is 10.6. The first-order valence-corrected chi connectivity index (χ1v) is 10.3. The highest BCUT2D eigenvalue weighted by Crippen LogP contribution is 2.19. The van der Waals surface area contributed by atoms with E-state index in [0.29, 0.717) is 31.2 Å². The Hall–Kier alpha value is -2.97. The average Bonchev–Trinajstić information content (AvgIpc) is 3.19. The second-order valence-corrected chi connectivity index (χ2v) is 8.37. The molecule has 1 aliphatic heterocycles. The quantitative estimate of drug-likeness (QED) is 0.772. The van der Waals surface area contributed by atoms with Gasteiger partial charge in [0.15, 0.2) is 0 Å². The number of aryl methyl sites for hydroxylation is 1. The molecule has 1 unspecified atom stereocenters. The zero-order valence-electron chi connectivity index (χ0n) is 17.8. The summed E-state index contributed by atoms with van der Waals surface area (Å²) in [6.07, 6.45) is 6.36. The number of carbonyl (C=O) groups excluding carboxylic acids is 2. The van der Waals surface area contributed by atoms with Crippen LogP contribution in [0.1, 0.15) is 52.3 Å². The van der Waals surface area contributed by atoms with E-state index in [9.17, 15) is 9.59 Å². The van der Waals surface area contributed by atoms with E-state index >= 15 is 0 Å². The Morgan fingerprint density at radius 3 is 2.90 bits per heavy atom. The highest BCUT2D eigenvalue weighted by molar-refractivity contribution is 5.77. The van der Waals surface area contributed by atoms with E-state index in [1.165, 1.54) is 0 Å². The predicted octanol–water partition coefficient (Wildman–Crippen LogP) is 2.97. The van der Waals surface area contributed by atoms with Crippen LogP contribution in [-0.4, -0.2) is 56.8 Å². The molecule has 162 valence electrons. The minimum Gasteiger partial charge on any atom is -0.444 e. The van der Waals surface area contributed by atoms with Gasteiger partial charge in [-0.05, 0) is 52.2 Å². The van der Waals surface area contributed by atoms with E-state index in [0.717, 1.165) is 24.8 Å². The van der Waals surface area contributed by atoms with E-state index < -0.39 is 11.7 Å². The smallest absolute Gasteiger partial charge is 0.407 e.